The third kappa shape index (κ3) is 1.78. The normalized spacial score (nSPS) is 13.2. The molecule has 2 aromatic rings. The molecule has 1 aromatic carbocycles. The summed E-state index contributed by atoms with van der Waals surface area (Å²) in [6, 6.07) is 8.39. The van der Waals surface area contributed by atoms with Gasteiger partial charge in [-0.2, -0.15) is 0 Å². The molecule has 0 radical (unpaired) electrons. The van der Waals surface area contributed by atoms with Crippen molar-refractivity contribution in [1.29, 1.82) is 0 Å². The van der Waals surface area contributed by atoms with E-state index in [-0.39, 0.29) is 12.5 Å². The van der Waals surface area contributed by atoms with Gasteiger partial charge < -0.3 is 9.67 Å². The Morgan fingerprint density at radius 2 is 2.19 bits per heavy atom. The number of aryl methyl sites for hydroxylation is 1. The van der Waals surface area contributed by atoms with Crippen molar-refractivity contribution in [2.75, 3.05) is 6.61 Å². The first kappa shape index (κ1) is 11.7. The molecular weight excluding hydrogens is 266 g/mol. The SMILES string of the molecule is CCn1c(C(C)CO)cc2c(Br)cccc21. The minimum Gasteiger partial charge on any atom is -0.396 e. The molecule has 0 aliphatic rings. The van der Waals surface area contributed by atoms with Crippen molar-refractivity contribution in [3.63, 3.8) is 0 Å². The van der Waals surface area contributed by atoms with Gasteiger partial charge in [0.15, 0.2) is 0 Å². The highest BCUT2D eigenvalue weighted by atomic mass is 79.9. The van der Waals surface area contributed by atoms with Gasteiger partial charge in [-0.3, -0.25) is 0 Å². The predicted molar refractivity (Wildman–Crippen MR) is 70.8 cm³/mol. The Labute approximate surface area is 104 Å². The number of rotatable bonds is 3. The summed E-state index contributed by atoms with van der Waals surface area (Å²) in [5.74, 6) is 0.180. The molecule has 0 spiro atoms. The van der Waals surface area contributed by atoms with Crippen LogP contribution in [0.25, 0.3) is 10.9 Å². The van der Waals surface area contributed by atoms with Crippen LogP contribution in [-0.4, -0.2) is 16.3 Å². The van der Waals surface area contributed by atoms with Crippen molar-refractivity contribution in [3.05, 3.63) is 34.4 Å². The Kier molecular flexibility index (Phi) is 3.36. The van der Waals surface area contributed by atoms with E-state index in [1.165, 1.54) is 16.6 Å². The largest absolute Gasteiger partial charge is 0.396 e. The van der Waals surface area contributed by atoms with Gasteiger partial charge in [0.2, 0.25) is 0 Å². The Hall–Kier alpha value is -0.800. The summed E-state index contributed by atoms with van der Waals surface area (Å²) in [6.45, 7) is 5.30. The van der Waals surface area contributed by atoms with Gasteiger partial charge in [-0.1, -0.05) is 28.9 Å². The summed E-state index contributed by atoms with van der Waals surface area (Å²) in [5.41, 5.74) is 2.43. The first-order valence-corrected chi connectivity index (χ1v) is 6.36. The van der Waals surface area contributed by atoms with Crippen LogP contribution in [0.2, 0.25) is 0 Å². The molecular formula is C13H16BrNO. The van der Waals surface area contributed by atoms with E-state index in [0.29, 0.717) is 0 Å². The van der Waals surface area contributed by atoms with Gasteiger partial charge in [0.05, 0.1) is 6.61 Å². The quantitative estimate of drug-likeness (QED) is 0.915. The highest BCUT2D eigenvalue weighted by Gasteiger charge is 2.14. The van der Waals surface area contributed by atoms with Crippen LogP contribution in [-0.2, 0) is 6.54 Å². The lowest BCUT2D eigenvalue weighted by Crippen LogP contribution is -2.07. The number of aliphatic hydroxyl groups is 1. The number of aromatic nitrogens is 1. The Bertz CT molecular complexity index is 504. The van der Waals surface area contributed by atoms with Crippen molar-refractivity contribution in [2.45, 2.75) is 26.3 Å². The van der Waals surface area contributed by atoms with Crippen LogP contribution in [0.15, 0.2) is 28.7 Å². The summed E-state index contributed by atoms with van der Waals surface area (Å²) < 4.78 is 3.38. The van der Waals surface area contributed by atoms with Gasteiger partial charge in [0, 0.05) is 33.5 Å². The van der Waals surface area contributed by atoms with Crippen LogP contribution in [0, 0.1) is 0 Å². The van der Waals surface area contributed by atoms with E-state index in [2.05, 4.69) is 45.6 Å². The van der Waals surface area contributed by atoms with Gasteiger partial charge in [-0.05, 0) is 25.1 Å². The van der Waals surface area contributed by atoms with Gasteiger partial charge in [0.1, 0.15) is 0 Å². The molecule has 0 bridgehead atoms. The van der Waals surface area contributed by atoms with Crippen LogP contribution >= 0.6 is 15.9 Å². The predicted octanol–water partition coefficient (Wildman–Crippen LogP) is 3.52. The average molecular weight is 282 g/mol. The van der Waals surface area contributed by atoms with Gasteiger partial charge in [-0.25, -0.2) is 0 Å². The molecule has 16 heavy (non-hydrogen) atoms. The van der Waals surface area contributed by atoms with Crippen LogP contribution in [0.3, 0.4) is 0 Å². The number of halogens is 1. The lowest BCUT2D eigenvalue weighted by atomic mass is 10.1. The zero-order valence-electron chi connectivity index (χ0n) is 9.57. The van der Waals surface area contributed by atoms with E-state index in [9.17, 15) is 5.11 Å². The van der Waals surface area contributed by atoms with E-state index in [1.807, 2.05) is 13.0 Å². The smallest absolute Gasteiger partial charge is 0.0511 e. The van der Waals surface area contributed by atoms with Gasteiger partial charge in [-0.15, -0.1) is 0 Å². The number of hydrogen-bond acceptors (Lipinski definition) is 1. The highest BCUT2D eigenvalue weighted by molar-refractivity contribution is 9.10. The van der Waals surface area contributed by atoms with Crippen molar-refractivity contribution < 1.29 is 5.11 Å². The van der Waals surface area contributed by atoms with Crippen LogP contribution in [0.4, 0.5) is 0 Å². The van der Waals surface area contributed by atoms with Crippen LogP contribution in [0.5, 0.6) is 0 Å². The van der Waals surface area contributed by atoms with Gasteiger partial charge in [0.25, 0.3) is 0 Å². The van der Waals surface area contributed by atoms with Crippen molar-refractivity contribution in [1.82, 2.24) is 4.57 Å². The van der Waals surface area contributed by atoms with E-state index in [4.69, 9.17) is 0 Å². The third-order valence-electron chi connectivity index (χ3n) is 3.02. The number of aliphatic hydroxyl groups excluding tert-OH is 1. The standard InChI is InChI=1S/C13H16BrNO/c1-3-15-12-6-4-5-11(14)10(12)7-13(15)9(2)8-16/h4-7,9,16H,3,8H2,1-2H3. The van der Waals surface area contributed by atoms with E-state index >= 15 is 0 Å². The van der Waals surface area contributed by atoms with Crippen LogP contribution < -0.4 is 0 Å². The highest BCUT2D eigenvalue weighted by Crippen LogP contribution is 2.30. The molecule has 86 valence electrons. The molecule has 0 fully saturated rings. The average Bonchev–Trinajstić information content (AvgIpc) is 2.68. The first-order valence-electron chi connectivity index (χ1n) is 5.57. The fourth-order valence-electron chi connectivity index (χ4n) is 2.12. The fraction of sp³-hybridized carbons (Fsp3) is 0.385. The molecule has 1 atom stereocenters. The summed E-state index contributed by atoms with van der Waals surface area (Å²) in [6.07, 6.45) is 0. The Balaban J connectivity index is 2.71. The number of benzene rings is 1. The molecule has 2 nitrogen and oxygen atoms in total. The second kappa shape index (κ2) is 4.60. The first-order chi connectivity index (χ1) is 7.69. The zero-order chi connectivity index (χ0) is 11.7. The van der Waals surface area contributed by atoms with E-state index < -0.39 is 0 Å². The molecule has 1 aromatic heterocycles. The molecule has 2 rings (SSSR count). The summed E-state index contributed by atoms with van der Waals surface area (Å²) in [7, 11) is 0. The van der Waals surface area contributed by atoms with E-state index in [0.717, 1.165) is 11.0 Å². The second-order valence-corrected chi connectivity index (χ2v) is 4.92. The Morgan fingerprint density at radius 1 is 1.44 bits per heavy atom. The third-order valence-corrected chi connectivity index (χ3v) is 3.71. The minimum absolute atomic E-state index is 0.180. The summed E-state index contributed by atoms with van der Waals surface area (Å²) >= 11 is 3.57. The number of fused-ring (bicyclic) bond motifs is 1. The molecule has 0 saturated heterocycles. The zero-order valence-corrected chi connectivity index (χ0v) is 11.2. The van der Waals surface area contributed by atoms with Gasteiger partial charge >= 0.3 is 0 Å². The summed E-state index contributed by atoms with van der Waals surface area (Å²) in [4.78, 5) is 0. The lowest BCUT2D eigenvalue weighted by molar-refractivity contribution is 0.269. The number of nitrogens with zero attached hydrogens (tertiary/aromatic N) is 1. The van der Waals surface area contributed by atoms with Crippen LogP contribution in [0.1, 0.15) is 25.5 Å². The molecule has 0 amide bonds. The molecule has 1 unspecified atom stereocenters. The Morgan fingerprint density at radius 3 is 2.81 bits per heavy atom. The molecule has 0 saturated carbocycles. The molecule has 0 aliphatic carbocycles. The fourth-order valence-corrected chi connectivity index (χ4v) is 2.59. The maximum absolute atomic E-state index is 9.28. The maximum atomic E-state index is 9.28. The maximum Gasteiger partial charge on any atom is 0.0511 e. The lowest BCUT2D eigenvalue weighted by Gasteiger charge is -2.12. The topological polar surface area (TPSA) is 25.2 Å². The molecule has 3 heteroatoms. The van der Waals surface area contributed by atoms with Crippen molar-refractivity contribution in [2.24, 2.45) is 0 Å². The minimum atomic E-state index is 0.180. The number of hydrogen-bond donors (Lipinski definition) is 1. The van der Waals surface area contributed by atoms with Crippen molar-refractivity contribution >= 4 is 26.8 Å². The van der Waals surface area contributed by atoms with E-state index in [1.54, 1.807) is 0 Å². The van der Waals surface area contributed by atoms with Crippen molar-refractivity contribution in [3.8, 4) is 0 Å². The summed E-state index contributed by atoms with van der Waals surface area (Å²) in [5, 5.41) is 10.5. The molecule has 1 N–H and O–H groups in total. The monoisotopic (exact) mass is 281 g/mol. The second-order valence-electron chi connectivity index (χ2n) is 4.07. The molecule has 1 heterocycles. The molecule has 0 aliphatic heterocycles.